The molecule has 3 rings (SSSR count). The summed E-state index contributed by atoms with van der Waals surface area (Å²) in [5, 5.41) is 6.78. The molecule has 1 aliphatic rings. The molecule has 0 spiro atoms. The van der Waals surface area contributed by atoms with Gasteiger partial charge in [-0.2, -0.15) is 0 Å². The minimum Gasteiger partial charge on any atom is -0.454 e. The second kappa shape index (κ2) is 7.55. The first-order chi connectivity index (χ1) is 11.6. The molecule has 0 atom stereocenters. The van der Waals surface area contributed by atoms with Gasteiger partial charge >= 0.3 is 0 Å². The van der Waals surface area contributed by atoms with E-state index in [1.54, 1.807) is 6.07 Å². The van der Waals surface area contributed by atoms with Gasteiger partial charge in [0.1, 0.15) is 0 Å². The Hall–Kier alpha value is -2.24. The molecule has 1 aliphatic heterocycles. The molecular formula is C18H19ClN2O3. The SMILES string of the molecule is Cc1c(Cl)cccc1NC(=O)CCNCc1ccc2c(c1)OCO2. The Morgan fingerprint density at radius 3 is 2.92 bits per heavy atom. The van der Waals surface area contributed by atoms with Crippen molar-refractivity contribution in [3.8, 4) is 11.5 Å². The molecule has 2 aromatic rings. The summed E-state index contributed by atoms with van der Waals surface area (Å²) in [6.45, 7) is 3.41. The van der Waals surface area contributed by atoms with Gasteiger partial charge < -0.3 is 20.1 Å². The van der Waals surface area contributed by atoms with Crippen molar-refractivity contribution in [1.82, 2.24) is 5.32 Å². The molecule has 0 radical (unpaired) electrons. The van der Waals surface area contributed by atoms with Crippen molar-refractivity contribution >= 4 is 23.2 Å². The van der Waals surface area contributed by atoms with Crippen LogP contribution in [-0.2, 0) is 11.3 Å². The van der Waals surface area contributed by atoms with Crippen LogP contribution >= 0.6 is 11.6 Å². The summed E-state index contributed by atoms with van der Waals surface area (Å²) in [4.78, 5) is 12.0. The van der Waals surface area contributed by atoms with Crippen molar-refractivity contribution in [1.29, 1.82) is 0 Å². The topological polar surface area (TPSA) is 59.6 Å². The van der Waals surface area contributed by atoms with Crippen molar-refractivity contribution in [3.05, 3.63) is 52.5 Å². The van der Waals surface area contributed by atoms with Gasteiger partial charge in [0.05, 0.1) is 0 Å². The van der Waals surface area contributed by atoms with Crippen LogP contribution in [-0.4, -0.2) is 19.2 Å². The summed E-state index contributed by atoms with van der Waals surface area (Å²) < 4.78 is 10.6. The first-order valence-corrected chi connectivity index (χ1v) is 8.15. The van der Waals surface area contributed by atoms with Crippen molar-refractivity contribution in [3.63, 3.8) is 0 Å². The Labute approximate surface area is 145 Å². The van der Waals surface area contributed by atoms with Gasteiger partial charge in [-0.15, -0.1) is 0 Å². The lowest BCUT2D eigenvalue weighted by atomic mass is 10.2. The molecule has 0 bridgehead atoms. The monoisotopic (exact) mass is 346 g/mol. The largest absolute Gasteiger partial charge is 0.454 e. The van der Waals surface area contributed by atoms with Crippen molar-refractivity contribution < 1.29 is 14.3 Å². The van der Waals surface area contributed by atoms with Crippen LogP contribution in [0.3, 0.4) is 0 Å². The first-order valence-electron chi connectivity index (χ1n) is 7.77. The van der Waals surface area contributed by atoms with Gasteiger partial charge in [-0.1, -0.05) is 23.7 Å². The molecule has 0 unspecified atom stereocenters. The fourth-order valence-electron chi connectivity index (χ4n) is 2.44. The second-order valence-corrected chi connectivity index (χ2v) is 5.98. The quantitative estimate of drug-likeness (QED) is 0.786. The van der Waals surface area contributed by atoms with Crippen LogP contribution in [0.1, 0.15) is 17.5 Å². The number of nitrogens with one attached hydrogen (secondary N) is 2. The summed E-state index contributed by atoms with van der Waals surface area (Å²) in [6.07, 6.45) is 0.385. The third kappa shape index (κ3) is 3.99. The average Bonchev–Trinajstić information content (AvgIpc) is 3.03. The van der Waals surface area contributed by atoms with Crippen LogP contribution in [0.25, 0.3) is 0 Å². The summed E-state index contributed by atoms with van der Waals surface area (Å²) in [5.74, 6) is 1.50. The number of carbonyl (C=O) groups excluding carboxylic acids is 1. The van der Waals surface area contributed by atoms with Gasteiger partial charge in [0.2, 0.25) is 12.7 Å². The van der Waals surface area contributed by atoms with Crippen LogP contribution in [0, 0.1) is 6.92 Å². The lowest BCUT2D eigenvalue weighted by Crippen LogP contribution is -2.21. The highest BCUT2D eigenvalue weighted by Crippen LogP contribution is 2.32. The van der Waals surface area contributed by atoms with Gasteiger partial charge in [0.15, 0.2) is 11.5 Å². The van der Waals surface area contributed by atoms with E-state index >= 15 is 0 Å². The standard InChI is InChI=1S/C18H19ClN2O3/c1-12-14(19)3-2-4-15(12)21-18(22)7-8-20-10-13-5-6-16-17(9-13)24-11-23-16/h2-6,9,20H,7-8,10-11H2,1H3,(H,21,22). The number of benzene rings is 2. The molecule has 0 aliphatic carbocycles. The smallest absolute Gasteiger partial charge is 0.231 e. The average molecular weight is 347 g/mol. The Kier molecular flexibility index (Phi) is 5.23. The molecule has 0 saturated carbocycles. The zero-order valence-electron chi connectivity index (χ0n) is 13.4. The minimum absolute atomic E-state index is 0.0430. The van der Waals surface area contributed by atoms with Gasteiger partial charge in [0.25, 0.3) is 0 Å². The van der Waals surface area contributed by atoms with E-state index in [-0.39, 0.29) is 12.7 Å². The maximum absolute atomic E-state index is 12.0. The molecule has 0 saturated heterocycles. The van der Waals surface area contributed by atoms with Crippen LogP contribution in [0.4, 0.5) is 5.69 Å². The van der Waals surface area contributed by atoms with E-state index in [1.807, 2.05) is 37.3 Å². The molecule has 6 heteroatoms. The lowest BCUT2D eigenvalue weighted by Gasteiger charge is -2.10. The van der Waals surface area contributed by atoms with Gasteiger partial charge in [-0.05, 0) is 42.3 Å². The molecule has 0 fully saturated rings. The minimum atomic E-state index is -0.0430. The van der Waals surface area contributed by atoms with E-state index in [0.29, 0.717) is 24.5 Å². The van der Waals surface area contributed by atoms with Gasteiger partial charge in [0, 0.05) is 30.2 Å². The third-order valence-electron chi connectivity index (χ3n) is 3.84. The second-order valence-electron chi connectivity index (χ2n) is 5.57. The van der Waals surface area contributed by atoms with Gasteiger partial charge in [-0.3, -0.25) is 4.79 Å². The molecule has 0 aromatic heterocycles. The van der Waals surface area contributed by atoms with Crippen LogP contribution in [0.15, 0.2) is 36.4 Å². The molecule has 126 valence electrons. The van der Waals surface area contributed by atoms with Crippen LogP contribution in [0.5, 0.6) is 11.5 Å². The highest BCUT2D eigenvalue weighted by molar-refractivity contribution is 6.31. The number of carbonyl (C=O) groups is 1. The van der Waals surface area contributed by atoms with E-state index in [1.165, 1.54) is 0 Å². The van der Waals surface area contributed by atoms with E-state index in [9.17, 15) is 4.79 Å². The lowest BCUT2D eigenvalue weighted by molar-refractivity contribution is -0.116. The van der Waals surface area contributed by atoms with Gasteiger partial charge in [-0.25, -0.2) is 0 Å². The summed E-state index contributed by atoms with van der Waals surface area (Å²) >= 11 is 6.05. The van der Waals surface area contributed by atoms with Crippen molar-refractivity contribution in [2.24, 2.45) is 0 Å². The Bertz CT molecular complexity index is 749. The van der Waals surface area contributed by atoms with Crippen LogP contribution in [0.2, 0.25) is 5.02 Å². The fourth-order valence-corrected chi connectivity index (χ4v) is 2.62. The number of fused-ring (bicyclic) bond motifs is 1. The van der Waals surface area contributed by atoms with E-state index in [2.05, 4.69) is 10.6 Å². The summed E-state index contributed by atoms with van der Waals surface area (Å²) in [6, 6.07) is 11.3. The Morgan fingerprint density at radius 1 is 1.21 bits per heavy atom. The number of amides is 1. The first kappa shape index (κ1) is 16.6. The van der Waals surface area contributed by atoms with Crippen molar-refractivity contribution in [2.75, 3.05) is 18.7 Å². The zero-order chi connectivity index (χ0) is 16.9. The normalized spacial score (nSPS) is 12.2. The van der Waals surface area contributed by atoms with Crippen molar-refractivity contribution in [2.45, 2.75) is 19.9 Å². The summed E-state index contributed by atoms with van der Waals surface area (Å²) in [5.41, 5.74) is 2.72. The zero-order valence-corrected chi connectivity index (χ0v) is 14.2. The molecular weight excluding hydrogens is 328 g/mol. The number of ether oxygens (including phenoxy) is 2. The molecule has 1 heterocycles. The van der Waals surface area contributed by atoms with Crippen LogP contribution < -0.4 is 20.1 Å². The van der Waals surface area contributed by atoms with E-state index < -0.39 is 0 Å². The number of hydrogen-bond acceptors (Lipinski definition) is 4. The summed E-state index contributed by atoms with van der Waals surface area (Å²) in [7, 11) is 0. The third-order valence-corrected chi connectivity index (χ3v) is 4.25. The Balaban J connectivity index is 1.43. The number of anilines is 1. The fraction of sp³-hybridized carbons (Fsp3) is 0.278. The predicted molar refractivity (Wildman–Crippen MR) is 93.7 cm³/mol. The molecule has 2 aromatic carbocycles. The maximum atomic E-state index is 12.0. The van der Waals surface area contributed by atoms with E-state index in [4.69, 9.17) is 21.1 Å². The van der Waals surface area contributed by atoms with E-state index in [0.717, 1.165) is 28.3 Å². The molecule has 24 heavy (non-hydrogen) atoms. The molecule has 2 N–H and O–H groups in total. The number of hydrogen-bond donors (Lipinski definition) is 2. The highest BCUT2D eigenvalue weighted by atomic mass is 35.5. The molecule has 5 nitrogen and oxygen atoms in total. The number of halogens is 1. The predicted octanol–water partition coefficient (Wildman–Crippen LogP) is 3.50. The molecule has 1 amide bonds. The Morgan fingerprint density at radius 2 is 2.04 bits per heavy atom. The number of rotatable bonds is 6. The maximum Gasteiger partial charge on any atom is 0.231 e. The highest BCUT2D eigenvalue weighted by Gasteiger charge is 2.13.